The monoisotopic (exact) mass is 465 g/mol. The number of carbonyl (C=O) groups is 2. The van der Waals surface area contributed by atoms with E-state index in [9.17, 15) is 9.59 Å². The minimum absolute atomic E-state index is 0.0467. The maximum absolute atomic E-state index is 12.1. The Morgan fingerprint density at radius 2 is 2.12 bits per heavy atom. The van der Waals surface area contributed by atoms with Crippen LogP contribution >= 0.6 is 23.1 Å². The summed E-state index contributed by atoms with van der Waals surface area (Å²) in [6.45, 7) is 1.60. The minimum atomic E-state index is -0.708. The number of fused-ring (bicyclic) bond motifs is 1. The number of Topliss-reactive ketones (excluding diaryl/α,β-unsaturated/α-hetero) is 1. The Balaban J connectivity index is 1.24. The Hall–Kier alpha value is -3.03. The van der Waals surface area contributed by atoms with E-state index in [2.05, 4.69) is 38.7 Å². The van der Waals surface area contributed by atoms with E-state index in [0.29, 0.717) is 25.2 Å². The third-order valence-electron chi connectivity index (χ3n) is 5.43. The second kappa shape index (κ2) is 8.15. The number of nitriles is 1. The van der Waals surface area contributed by atoms with Crippen molar-refractivity contribution >= 4 is 45.0 Å². The van der Waals surface area contributed by atoms with Crippen molar-refractivity contribution in [2.24, 2.45) is 0 Å². The zero-order valence-electron chi connectivity index (χ0n) is 17.3. The molecule has 1 unspecified atom stereocenters. The molecule has 1 saturated carbocycles. The van der Waals surface area contributed by atoms with Crippen LogP contribution in [0.4, 0.5) is 0 Å². The number of aromatic nitrogens is 3. The van der Waals surface area contributed by atoms with Crippen LogP contribution in [-0.4, -0.2) is 32.4 Å². The summed E-state index contributed by atoms with van der Waals surface area (Å²) in [4.78, 5) is 29.2. The molecule has 2 aromatic heterocycles. The molecule has 1 aliphatic heterocycles. The van der Waals surface area contributed by atoms with Gasteiger partial charge in [0.1, 0.15) is 17.0 Å². The molecule has 10 heteroatoms. The number of nitrogens with zero attached hydrogens (tertiary/aromatic N) is 4. The maximum atomic E-state index is 12.1. The van der Waals surface area contributed by atoms with Crippen LogP contribution in [0.25, 0.3) is 10.2 Å². The molecule has 0 spiro atoms. The van der Waals surface area contributed by atoms with Crippen LogP contribution in [-0.2, 0) is 22.4 Å². The number of amides is 1. The van der Waals surface area contributed by atoms with Crippen molar-refractivity contribution in [1.29, 1.82) is 5.26 Å². The summed E-state index contributed by atoms with van der Waals surface area (Å²) in [5.74, 6) is 0.447. The molecule has 1 aromatic carbocycles. The summed E-state index contributed by atoms with van der Waals surface area (Å²) >= 11 is 3.19. The van der Waals surface area contributed by atoms with Gasteiger partial charge in [-0.1, -0.05) is 12.1 Å². The molecule has 0 bridgehead atoms. The van der Waals surface area contributed by atoms with E-state index in [-0.39, 0.29) is 29.3 Å². The van der Waals surface area contributed by atoms with E-state index in [0.717, 1.165) is 26.6 Å². The number of allylic oxidation sites excluding steroid dienone is 2. The lowest BCUT2D eigenvalue weighted by atomic mass is 10.1. The van der Waals surface area contributed by atoms with Crippen LogP contribution in [0.15, 0.2) is 33.6 Å². The Morgan fingerprint density at radius 1 is 1.31 bits per heavy atom. The molecule has 8 nitrogen and oxygen atoms in total. The summed E-state index contributed by atoms with van der Waals surface area (Å²) in [7, 11) is 0. The number of rotatable bonds is 7. The fourth-order valence-corrected chi connectivity index (χ4v) is 5.70. The number of hydrogen-bond donors (Lipinski definition) is 1. The van der Waals surface area contributed by atoms with E-state index < -0.39 is 5.54 Å². The second-order valence-corrected chi connectivity index (χ2v) is 10.3. The van der Waals surface area contributed by atoms with Crippen LogP contribution in [0.3, 0.4) is 0 Å². The Morgan fingerprint density at radius 3 is 2.84 bits per heavy atom. The molecule has 1 atom stereocenters. The lowest BCUT2D eigenvalue weighted by Gasteiger charge is -2.09. The molecular formula is C22H19N5O3S2. The molecule has 0 saturated heterocycles. The Kier molecular flexibility index (Phi) is 5.31. The number of thiazole rings is 1. The highest BCUT2D eigenvalue weighted by Crippen LogP contribution is 2.44. The Labute approximate surface area is 192 Å². The first-order valence-electron chi connectivity index (χ1n) is 10.2. The van der Waals surface area contributed by atoms with Crippen LogP contribution < -0.4 is 5.32 Å². The van der Waals surface area contributed by atoms with Crippen molar-refractivity contribution in [3.8, 4) is 6.07 Å². The van der Waals surface area contributed by atoms with Crippen molar-refractivity contribution in [2.75, 3.05) is 0 Å². The number of thioether (sulfide) groups is 1. The van der Waals surface area contributed by atoms with Gasteiger partial charge in [0.05, 0.1) is 22.7 Å². The van der Waals surface area contributed by atoms with E-state index in [4.69, 9.17) is 9.68 Å². The van der Waals surface area contributed by atoms with Crippen LogP contribution in [0.2, 0.25) is 0 Å². The van der Waals surface area contributed by atoms with Gasteiger partial charge in [0.15, 0.2) is 5.78 Å². The molecule has 1 N–H and O–H groups in total. The quantitative estimate of drug-likeness (QED) is 0.561. The number of hydrogen-bond acceptors (Lipinski definition) is 9. The van der Waals surface area contributed by atoms with Gasteiger partial charge in [0.25, 0.3) is 0 Å². The summed E-state index contributed by atoms with van der Waals surface area (Å²) in [6, 6.07) is 8.33. The second-order valence-electron chi connectivity index (χ2n) is 7.99. The van der Waals surface area contributed by atoms with Crippen molar-refractivity contribution in [3.05, 3.63) is 51.5 Å². The molecule has 32 heavy (non-hydrogen) atoms. The molecular weight excluding hydrogens is 446 g/mol. The third kappa shape index (κ3) is 4.31. The summed E-state index contributed by atoms with van der Waals surface area (Å²) in [5, 5.41) is 20.9. The van der Waals surface area contributed by atoms with Gasteiger partial charge in [0, 0.05) is 10.2 Å². The average Bonchev–Trinajstić information content (AvgIpc) is 3.15. The predicted molar refractivity (Wildman–Crippen MR) is 120 cm³/mol. The van der Waals surface area contributed by atoms with Crippen molar-refractivity contribution in [2.45, 2.75) is 49.8 Å². The fraction of sp³-hybridized carbons (Fsp3) is 0.364. The smallest absolute Gasteiger partial charge is 0.230 e. The minimum Gasteiger partial charge on any atom is -0.424 e. The topological polar surface area (TPSA) is 122 Å². The standard InChI is InChI=1S/C22H19N5O3S2/c1-12(28)15-4-5-16(31-15)13-2-3-14-17(8-13)32-21(24-14)10-20-27-26-19(30-20)9-18(29)25-22(11-23)6-7-22/h2-4,8,16H,5-7,9-10H2,1H3,(H,25,29). The Bertz CT molecular complexity index is 1300. The molecule has 3 aromatic rings. The van der Waals surface area contributed by atoms with Crippen LogP contribution in [0.5, 0.6) is 0 Å². The van der Waals surface area contributed by atoms with Crippen LogP contribution in [0.1, 0.15) is 53.8 Å². The zero-order chi connectivity index (χ0) is 22.3. The lowest BCUT2D eigenvalue weighted by molar-refractivity contribution is -0.121. The van der Waals surface area contributed by atoms with Crippen LogP contribution in [0, 0.1) is 11.3 Å². The van der Waals surface area contributed by atoms with Gasteiger partial charge in [-0.25, -0.2) is 4.98 Å². The van der Waals surface area contributed by atoms with Crippen molar-refractivity contribution < 1.29 is 14.0 Å². The first-order chi connectivity index (χ1) is 15.4. The first-order valence-corrected chi connectivity index (χ1v) is 11.9. The van der Waals surface area contributed by atoms with E-state index >= 15 is 0 Å². The highest BCUT2D eigenvalue weighted by Gasteiger charge is 2.44. The van der Waals surface area contributed by atoms with E-state index in [1.165, 1.54) is 5.56 Å². The van der Waals surface area contributed by atoms with E-state index in [1.54, 1.807) is 30.0 Å². The molecule has 5 rings (SSSR count). The predicted octanol–water partition coefficient (Wildman–Crippen LogP) is 3.64. The number of ketones is 1. The van der Waals surface area contributed by atoms with Crippen molar-refractivity contribution in [3.63, 3.8) is 0 Å². The molecule has 1 amide bonds. The first kappa shape index (κ1) is 20.8. The highest BCUT2D eigenvalue weighted by molar-refractivity contribution is 8.04. The van der Waals surface area contributed by atoms with Gasteiger partial charge in [-0.2, -0.15) is 5.26 Å². The summed E-state index contributed by atoms with van der Waals surface area (Å²) in [6.07, 6.45) is 4.56. The van der Waals surface area contributed by atoms with Crippen molar-refractivity contribution in [1.82, 2.24) is 20.5 Å². The van der Waals surface area contributed by atoms with Gasteiger partial charge in [-0.05, 0) is 43.9 Å². The van der Waals surface area contributed by atoms with Gasteiger partial charge in [-0.15, -0.1) is 33.3 Å². The third-order valence-corrected chi connectivity index (χ3v) is 7.90. The SMILES string of the molecule is CC(=O)C1=CCC(c2ccc3nc(Cc4nnc(CC(=O)NC5(C#N)CC5)o4)sc3c2)S1. The van der Waals surface area contributed by atoms with Gasteiger partial charge >= 0.3 is 0 Å². The number of benzene rings is 1. The number of carbonyl (C=O) groups excluding carboxylic acids is 2. The van der Waals surface area contributed by atoms with E-state index in [1.807, 2.05) is 12.1 Å². The fourth-order valence-electron chi connectivity index (χ4n) is 3.56. The summed E-state index contributed by atoms with van der Waals surface area (Å²) in [5.41, 5.74) is 1.38. The molecule has 0 radical (unpaired) electrons. The van der Waals surface area contributed by atoms with Gasteiger partial charge in [0.2, 0.25) is 17.7 Å². The van der Waals surface area contributed by atoms with Gasteiger partial charge < -0.3 is 9.73 Å². The zero-order valence-corrected chi connectivity index (χ0v) is 18.9. The number of nitrogens with one attached hydrogen (secondary N) is 1. The average molecular weight is 466 g/mol. The normalized spacial score (nSPS) is 18.9. The summed E-state index contributed by atoms with van der Waals surface area (Å²) < 4.78 is 6.69. The molecule has 3 heterocycles. The largest absolute Gasteiger partial charge is 0.424 e. The highest BCUT2D eigenvalue weighted by atomic mass is 32.2. The van der Waals surface area contributed by atoms with Gasteiger partial charge in [-0.3, -0.25) is 9.59 Å². The molecule has 2 aliphatic rings. The lowest BCUT2D eigenvalue weighted by Crippen LogP contribution is -2.36. The molecule has 1 aliphatic carbocycles. The molecule has 1 fully saturated rings. The molecule has 162 valence electrons. The maximum Gasteiger partial charge on any atom is 0.230 e.